The third-order valence-corrected chi connectivity index (χ3v) is 2.65. The summed E-state index contributed by atoms with van der Waals surface area (Å²) in [5, 5.41) is 2.66. The second-order valence-corrected chi connectivity index (χ2v) is 4.62. The molecule has 0 aliphatic heterocycles. The molecule has 17 heavy (non-hydrogen) atoms. The minimum atomic E-state index is -0.421. The van der Waals surface area contributed by atoms with Gasteiger partial charge in [0, 0.05) is 30.2 Å². The maximum Gasteiger partial charge on any atom is 0.267 e. The Morgan fingerprint density at radius 1 is 1.53 bits per heavy atom. The third kappa shape index (κ3) is 4.22. The normalized spacial score (nSPS) is 10.2. The topological polar surface area (TPSA) is 77.1 Å². The molecule has 0 aromatic carbocycles. The first-order valence-corrected chi connectivity index (χ1v) is 6.26. The maximum atomic E-state index is 11.8. The number of carbonyl (C=O) groups is 2. The number of nitrogens with zero attached hydrogens (tertiary/aromatic N) is 1. The van der Waals surface area contributed by atoms with Crippen molar-refractivity contribution >= 4 is 27.7 Å². The Morgan fingerprint density at radius 3 is 2.82 bits per heavy atom. The van der Waals surface area contributed by atoms with E-state index in [9.17, 15) is 9.59 Å². The molecular weight excluding hydrogens is 286 g/mol. The van der Waals surface area contributed by atoms with Gasteiger partial charge in [0.2, 0.25) is 5.91 Å². The molecule has 0 fully saturated rings. The highest BCUT2D eigenvalue weighted by Gasteiger charge is 2.12. The SMILES string of the molecule is CCCn1cc(Br)cc1C(=O)NCCC(N)=O. The fourth-order valence-corrected chi connectivity index (χ4v) is 1.94. The Hall–Kier alpha value is -1.30. The standard InChI is InChI=1S/C11H16BrN3O2/c1-2-5-15-7-8(12)6-9(15)11(17)14-4-3-10(13)16/h6-7H,2-5H2,1H3,(H2,13,16)(H,14,17). The van der Waals surface area contributed by atoms with Crippen LogP contribution in [0.15, 0.2) is 16.7 Å². The maximum absolute atomic E-state index is 11.8. The van der Waals surface area contributed by atoms with Gasteiger partial charge in [0.05, 0.1) is 0 Å². The molecule has 2 amide bonds. The van der Waals surface area contributed by atoms with Crippen LogP contribution in [0, 0.1) is 0 Å². The van der Waals surface area contributed by atoms with Crippen molar-refractivity contribution < 1.29 is 9.59 Å². The van der Waals surface area contributed by atoms with E-state index in [1.807, 2.05) is 17.7 Å². The Kier molecular flexibility index (Phi) is 5.21. The molecule has 1 heterocycles. The van der Waals surface area contributed by atoms with E-state index in [1.165, 1.54) is 0 Å². The van der Waals surface area contributed by atoms with Crippen molar-refractivity contribution in [1.82, 2.24) is 9.88 Å². The summed E-state index contributed by atoms with van der Waals surface area (Å²) in [6, 6.07) is 1.76. The summed E-state index contributed by atoms with van der Waals surface area (Å²) in [4.78, 5) is 22.4. The van der Waals surface area contributed by atoms with Gasteiger partial charge in [-0.25, -0.2) is 0 Å². The fourth-order valence-electron chi connectivity index (χ4n) is 1.48. The van der Waals surface area contributed by atoms with Crippen LogP contribution < -0.4 is 11.1 Å². The molecule has 0 atom stereocenters. The van der Waals surface area contributed by atoms with Gasteiger partial charge < -0.3 is 15.6 Å². The largest absolute Gasteiger partial charge is 0.370 e. The van der Waals surface area contributed by atoms with Crippen LogP contribution >= 0.6 is 15.9 Å². The summed E-state index contributed by atoms with van der Waals surface area (Å²) < 4.78 is 2.75. The van der Waals surface area contributed by atoms with Gasteiger partial charge in [-0.2, -0.15) is 0 Å². The summed E-state index contributed by atoms with van der Waals surface area (Å²) >= 11 is 3.34. The second kappa shape index (κ2) is 6.44. The number of carbonyl (C=O) groups excluding carboxylic acids is 2. The number of rotatable bonds is 6. The van der Waals surface area contributed by atoms with E-state index in [2.05, 4.69) is 21.2 Å². The molecule has 0 saturated heterocycles. The summed E-state index contributed by atoms with van der Waals surface area (Å²) in [6.07, 6.45) is 2.97. The zero-order valence-corrected chi connectivity index (χ0v) is 11.3. The summed E-state index contributed by atoms with van der Waals surface area (Å²) in [5.74, 6) is -0.610. The van der Waals surface area contributed by atoms with Gasteiger partial charge in [-0.15, -0.1) is 0 Å². The lowest BCUT2D eigenvalue weighted by atomic mass is 10.3. The van der Waals surface area contributed by atoms with Crippen LogP contribution in [-0.2, 0) is 11.3 Å². The van der Waals surface area contributed by atoms with E-state index >= 15 is 0 Å². The number of aromatic nitrogens is 1. The molecule has 5 nitrogen and oxygen atoms in total. The predicted molar refractivity (Wildman–Crippen MR) is 68.6 cm³/mol. The Bertz CT molecular complexity index is 415. The van der Waals surface area contributed by atoms with E-state index < -0.39 is 5.91 Å². The average Bonchev–Trinajstić information content (AvgIpc) is 2.59. The lowest BCUT2D eigenvalue weighted by Gasteiger charge is -2.07. The Morgan fingerprint density at radius 2 is 2.24 bits per heavy atom. The van der Waals surface area contributed by atoms with Crippen LogP contribution in [0.2, 0.25) is 0 Å². The van der Waals surface area contributed by atoms with Gasteiger partial charge in [0.15, 0.2) is 0 Å². The number of nitrogens with one attached hydrogen (secondary N) is 1. The van der Waals surface area contributed by atoms with Gasteiger partial charge in [0.25, 0.3) is 5.91 Å². The monoisotopic (exact) mass is 301 g/mol. The summed E-state index contributed by atoms with van der Waals surface area (Å²) in [6.45, 7) is 3.09. The molecule has 0 aliphatic carbocycles. The quantitative estimate of drug-likeness (QED) is 0.830. The minimum absolute atomic E-state index is 0.154. The van der Waals surface area contributed by atoms with E-state index in [0.29, 0.717) is 5.69 Å². The van der Waals surface area contributed by atoms with Crippen molar-refractivity contribution in [3.63, 3.8) is 0 Å². The second-order valence-electron chi connectivity index (χ2n) is 3.71. The molecule has 0 bridgehead atoms. The Labute approximate surface area is 108 Å². The van der Waals surface area contributed by atoms with Crippen molar-refractivity contribution in [2.45, 2.75) is 26.3 Å². The van der Waals surface area contributed by atoms with Crippen LogP contribution in [0.1, 0.15) is 30.3 Å². The summed E-state index contributed by atoms with van der Waals surface area (Å²) in [5.41, 5.74) is 5.58. The predicted octanol–water partition coefficient (Wildman–Crippen LogP) is 1.27. The number of aryl methyl sites for hydroxylation is 1. The molecule has 94 valence electrons. The molecule has 1 aromatic rings. The average molecular weight is 302 g/mol. The molecule has 0 saturated carbocycles. The van der Waals surface area contributed by atoms with Crippen molar-refractivity contribution in [1.29, 1.82) is 0 Å². The molecule has 0 unspecified atom stereocenters. The first-order valence-electron chi connectivity index (χ1n) is 5.46. The Balaban J connectivity index is 2.64. The van der Waals surface area contributed by atoms with Gasteiger partial charge in [-0.1, -0.05) is 6.92 Å². The molecular formula is C11H16BrN3O2. The highest BCUT2D eigenvalue weighted by atomic mass is 79.9. The highest BCUT2D eigenvalue weighted by Crippen LogP contribution is 2.15. The van der Waals surface area contributed by atoms with Crippen molar-refractivity contribution in [2.75, 3.05) is 6.54 Å². The number of hydrogen-bond acceptors (Lipinski definition) is 2. The fraction of sp³-hybridized carbons (Fsp3) is 0.455. The van der Waals surface area contributed by atoms with Gasteiger partial charge >= 0.3 is 0 Å². The van der Waals surface area contributed by atoms with Crippen molar-refractivity contribution in [3.8, 4) is 0 Å². The van der Waals surface area contributed by atoms with E-state index in [0.717, 1.165) is 17.4 Å². The number of amides is 2. The van der Waals surface area contributed by atoms with Crippen molar-refractivity contribution in [2.24, 2.45) is 5.73 Å². The van der Waals surface area contributed by atoms with E-state index in [4.69, 9.17) is 5.73 Å². The number of nitrogens with two attached hydrogens (primary N) is 1. The molecule has 1 rings (SSSR count). The first-order chi connectivity index (χ1) is 8.04. The lowest BCUT2D eigenvalue weighted by Crippen LogP contribution is -2.29. The molecule has 1 aromatic heterocycles. The van der Waals surface area contributed by atoms with E-state index in [-0.39, 0.29) is 18.9 Å². The van der Waals surface area contributed by atoms with E-state index in [1.54, 1.807) is 6.07 Å². The van der Waals surface area contributed by atoms with Crippen LogP contribution in [-0.4, -0.2) is 22.9 Å². The lowest BCUT2D eigenvalue weighted by molar-refractivity contribution is -0.117. The zero-order chi connectivity index (χ0) is 12.8. The van der Waals surface area contributed by atoms with Gasteiger partial charge in [0.1, 0.15) is 5.69 Å². The van der Waals surface area contributed by atoms with Gasteiger partial charge in [-0.05, 0) is 28.4 Å². The number of primary amides is 1. The van der Waals surface area contributed by atoms with Crippen LogP contribution in [0.5, 0.6) is 0 Å². The van der Waals surface area contributed by atoms with Crippen LogP contribution in [0.4, 0.5) is 0 Å². The highest BCUT2D eigenvalue weighted by molar-refractivity contribution is 9.10. The number of halogens is 1. The molecule has 0 spiro atoms. The van der Waals surface area contributed by atoms with Crippen LogP contribution in [0.3, 0.4) is 0 Å². The summed E-state index contributed by atoms with van der Waals surface area (Å²) in [7, 11) is 0. The molecule has 0 radical (unpaired) electrons. The van der Waals surface area contributed by atoms with Gasteiger partial charge in [-0.3, -0.25) is 9.59 Å². The zero-order valence-electron chi connectivity index (χ0n) is 9.70. The minimum Gasteiger partial charge on any atom is -0.370 e. The number of hydrogen-bond donors (Lipinski definition) is 2. The molecule has 6 heteroatoms. The third-order valence-electron chi connectivity index (χ3n) is 2.22. The molecule has 0 aliphatic rings. The van der Waals surface area contributed by atoms with Crippen molar-refractivity contribution in [3.05, 3.63) is 22.4 Å². The first kappa shape index (κ1) is 13.8. The smallest absolute Gasteiger partial charge is 0.267 e. The molecule has 3 N–H and O–H groups in total. The van der Waals surface area contributed by atoms with Crippen LogP contribution in [0.25, 0.3) is 0 Å².